The normalized spacial score (nSPS) is 12.9. The first-order chi connectivity index (χ1) is 10.1. The highest BCUT2D eigenvalue weighted by Gasteiger charge is 2.17. The van der Waals surface area contributed by atoms with Crippen LogP contribution in [0.5, 0.6) is 11.5 Å². The first-order valence-electron chi connectivity index (χ1n) is 6.58. The Labute approximate surface area is 127 Å². The molecular formula is C16H14ClNO3. The van der Waals surface area contributed by atoms with Gasteiger partial charge >= 0.3 is 0 Å². The molecular weight excluding hydrogens is 290 g/mol. The van der Waals surface area contributed by atoms with E-state index in [0.29, 0.717) is 35.3 Å². The molecule has 4 nitrogen and oxygen atoms in total. The Balaban J connectivity index is 1.87. The van der Waals surface area contributed by atoms with Gasteiger partial charge in [-0.15, -0.1) is 0 Å². The number of ether oxygens (including phenoxy) is 2. The van der Waals surface area contributed by atoms with E-state index in [-0.39, 0.29) is 5.91 Å². The maximum atomic E-state index is 12.5. The summed E-state index contributed by atoms with van der Waals surface area (Å²) in [5.41, 5.74) is 1.28. The minimum atomic E-state index is -0.130. The van der Waals surface area contributed by atoms with E-state index >= 15 is 0 Å². The van der Waals surface area contributed by atoms with Gasteiger partial charge in [0.1, 0.15) is 13.2 Å². The maximum Gasteiger partial charge on any atom is 0.258 e. The lowest BCUT2D eigenvalue weighted by Crippen LogP contribution is -2.26. The minimum Gasteiger partial charge on any atom is -0.486 e. The maximum absolute atomic E-state index is 12.5. The van der Waals surface area contributed by atoms with Gasteiger partial charge in [0, 0.05) is 29.4 Å². The van der Waals surface area contributed by atoms with E-state index in [0.717, 1.165) is 5.69 Å². The van der Waals surface area contributed by atoms with E-state index in [9.17, 15) is 4.79 Å². The van der Waals surface area contributed by atoms with Crippen molar-refractivity contribution in [3.63, 3.8) is 0 Å². The van der Waals surface area contributed by atoms with Crippen LogP contribution in [0, 0.1) is 0 Å². The van der Waals surface area contributed by atoms with Crippen molar-refractivity contribution < 1.29 is 14.3 Å². The third kappa shape index (κ3) is 2.81. The van der Waals surface area contributed by atoms with Crippen molar-refractivity contribution in [2.75, 3.05) is 25.2 Å². The van der Waals surface area contributed by atoms with Crippen LogP contribution in [0.1, 0.15) is 10.4 Å². The molecule has 1 aliphatic heterocycles. The molecule has 0 saturated carbocycles. The van der Waals surface area contributed by atoms with Gasteiger partial charge in [0.15, 0.2) is 11.5 Å². The number of halogens is 1. The summed E-state index contributed by atoms with van der Waals surface area (Å²) in [6, 6.07) is 12.3. The van der Waals surface area contributed by atoms with Gasteiger partial charge in [-0.3, -0.25) is 4.79 Å². The molecule has 0 bridgehead atoms. The van der Waals surface area contributed by atoms with Crippen molar-refractivity contribution in [3.8, 4) is 11.5 Å². The van der Waals surface area contributed by atoms with Crippen molar-refractivity contribution >= 4 is 23.2 Å². The number of anilines is 1. The van der Waals surface area contributed by atoms with Crippen LogP contribution in [0.25, 0.3) is 0 Å². The molecule has 1 heterocycles. The van der Waals surface area contributed by atoms with Gasteiger partial charge in [0.2, 0.25) is 0 Å². The number of amides is 1. The lowest BCUT2D eigenvalue weighted by molar-refractivity contribution is 0.0993. The smallest absolute Gasteiger partial charge is 0.258 e. The molecule has 0 aromatic heterocycles. The number of rotatable bonds is 2. The summed E-state index contributed by atoms with van der Waals surface area (Å²) < 4.78 is 11.0. The fourth-order valence-electron chi connectivity index (χ4n) is 2.17. The van der Waals surface area contributed by atoms with Crippen molar-refractivity contribution in [3.05, 3.63) is 53.1 Å². The van der Waals surface area contributed by atoms with Gasteiger partial charge in [-0.2, -0.15) is 0 Å². The zero-order valence-electron chi connectivity index (χ0n) is 11.5. The SMILES string of the molecule is CN(C(=O)c1cccc(Cl)c1)c1ccc2c(c1)OCCO2. The van der Waals surface area contributed by atoms with Crippen LogP contribution in [0.4, 0.5) is 5.69 Å². The van der Waals surface area contributed by atoms with Crippen LogP contribution >= 0.6 is 11.6 Å². The molecule has 5 heteroatoms. The highest BCUT2D eigenvalue weighted by Crippen LogP contribution is 2.34. The highest BCUT2D eigenvalue weighted by molar-refractivity contribution is 6.31. The first kappa shape index (κ1) is 13.8. The van der Waals surface area contributed by atoms with Crippen molar-refractivity contribution in [2.45, 2.75) is 0 Å². The summed E-state index contributed by atoms with van der Waals surface area (Å²) >= 11 is 5.93. The monoisotopic (exact) mass is 303 g/mol. The van der Waals surface area contributed by atoms with E-state index in [2.05, 4.69) is 0 Å². The minimum absolute atomic E-state index is 0.130. The second kappa shape index (κ2) is 5.66. The highest BCUT2D eigenvalue weighted by atomic mass is 35.5. The molecule has 0 aliphatic carbocycles. The zero-order valence-corrected chi connectivity index (χ0v) is 12.3. The molecule has 0 fully saturated rings. The van der Waals surface area contributed by atoms with Gasteiger partial charge < -0.3 is 14.4 Å². The van der Waals surface area contributed by atoms with Crippen LogP contribution in [0.15, 0.2) is 42.5 Å². The van der Waals surface area contributed by atoms with Gasteiger partial charge in [-0.05, 0) is 30.3 Å². The summed E-state index contributed by atoms with van der Waals surface area (Å²) in [6.07, 6.45) is 0. The Morgan fingerprint density at radius 1 is 1.10 bits per heavy atom. The average Bonchev–Trinajstić information content (AvgIpc) is 2.53. The Morgan fingerprint density at radius 3 is 2.62 bits per heavy atom. The third-order valence-corrected chi connectivity index (χ3v) is 3.52. The Kier molecular flexibility index (Phi) is 3.71. The second-order valence-corrected chi connectivity index (χ2v) is 5.14. The lowest BCUT2D eigenvalue weighted by atomic mass is 10.2. The molecule has 0 atom stereocenters. The number of benzene rings is 2. The van der Waals surface area contributed by atoms with E-state index < -0.39 is 0 Å². The number of hydrogen-bond acceptors (Lipinski definition) is 3. The Hall–Kier alpha value is -2.20. The van der Waals surface area contributed by atoms with Gasteiger partial charge in [-0.25, -0.2) is 0 Å². The second-order valence-electron chi connectivity index (χ2n) is 4.70. The van der Waals surface area contributed by atoms with Crippen LogP contribution in [0.2, 0.25) is 5.02 Å². The fraction of sp³-hybridized carbons (Fsp3) is 0.188. The van der Waals surface area contributed by atoms with Crippen molar-refractivity contribution in [1.82, 2.24) is 0 Å². The van der Waals surface area contributed by atoms with E-state index in [1.54, 1.807) is 42.3 Å². The molecule has 2 aromatic rings. The molecule has 0 N–H and O–H groups in total. The number of fused-ring (bicyclic) bond motifs is 1. The molecule has 2 aromatic carbocycles. The van der Waals surface area contributed by atoms with Gasteiger partial charge in [0.05, 0.1) is 0 Å². The predicted molar refractivity (Wildman–Crippen MR) is 81.6 cm³/mol. The summed E-state index contributed by atoms with van der Waals surface area (Å²) in [4.78, 5) is 14.0. The average molecular weight is 304 g/mol. The topological polar surface area (TPSA) is 38.8 Å². The summed E-state index contributed by atoms with van der Waals surface area (Å²) in [6.45, 7) is 1.06. The standard InChI is InChI=1S/C16H14ClNO3/c1-18(16(19)11-3-2-4-12(17)9-11)13-5-6-14-15(10-13)21-8-7-20-14/h2-6,9-10H,7-8H2,1H3. The molecule has 0 radical (unpaired) electrons. The molecule has 1 amide bonds. The number of nitrogens with zero attached hydrogens (tertiary/aromatic N) is 1. The molecule has 0 unspecified atom stereocenters. The van der Waals surface area contributed by atoms with Gasteiger partial charge in [0.25, 0.3) is 5.91 Å². The molecule has 0 saturated heterocycles. The largest absolute Gasteiger partial charge is 0.486 e. The zero-order chi connectivity index (χ0) is 14.8. The number of hydrogen-bond donors (Lipinski definition) is 0. The number of carbonyl (C=O) groups excluding carboxylic acids is 1. The Morgan fingerprint density at radius 2 is 1.86 bits per heavy atom. The molecule has 108 valence electrons. The van der Waals surface area contributed by atoms with E-state index in [1.165, 1.54) is 0 Å². The summed E-state index contributed by atoms with van der Waals surface area (Å²) in [5.74, 6) is 1.23. The Bertz CT molecular complexity index is 687. The number of carbonyl (C=O) groups is 1. The fourth-order valence-corrected chi connectivity index (χ4v) is 2.36. The quantitative estimate of drug-likeness (QED) is 0.853. The molecule has 3 rings (SSSR count). The summed E-state index contributed by atoms with van der Waals surface area (Å²) in [7, 11) is 1.72. The van der Waals surface area contributed by atoms with Crippen LogP contribution in [0.3, 0.4) is 0 Å². The van der Waals surface area contributed by atoms with E-state index in [1.807, 2.05) is 12.1 Å². The first-order valence-corrected chi connectivity index (χ1v) is 6.96. The molecule has 21 heavy (non-hydrogen) atoms. The van der Waals surface area contributed by atoms with Crippen molar-refractivity contribution in [2.24, 2.45) is 0 Å². The summed E-state index contributed by atoms with van der Waals surface area (Å²) in [5, 5.41) is 0.538. The predicted octanol–water partition coefficient (Wildman–Crippen LogP) is 3.39. The molecule has 1 aliphatic rings. The van der Waals surface area contributed by atoms with Crippen LogP contribution < -0.4 is 14.4 Å². The van der Waals surface area contributed by atoms with Crippen molar-refractivity contribution in [1.29, 1.82) is 0 Å². The van der Waals surface area contributed by atoms with Crippen LogP contribution in [-0.2, 0) is 0 Å². The molecule has 0 spiro atoms. The van der Waals surface area contributed by atoms with Crippen LogP contribution in [-0.4, -0.2) is 26.2 Å². The third-order valence-electron chi connectivity index (χ3n) is 3.29. The van der Waals surface area contributed by atoms with Gasteiger partial charge in [-0.1, -0.05) is 17.7 Å². The lowest BCUT2D eigenvalue weighted by Gasteiger charge is -2.22. The van der Waals surface area contributed by atoms with E-state index in [4.69, 9.17) is 21.1 Å².